The van der Waals surface area contributed by atoms with Crippen LogP contribution in [-0.2, 0) is 0 Å². The number of fused-ring (bicyclic) bond motifs is 1. The van der Waals surface area contributed by atoms with Gasteiger partial charge in [-0.25, -0.2) is 4.98 Å². The Bertz CT molecular complexity index is 1340. The molecule has 1 aliphatic heterocycles. The number of thiazole rings is 1. The molecule has 0 aliphatic carbocycles. The quantitative estimate of drug-likeness (QED) is 0.148. The van der Waals surface area contributed by atoms with Gasteiger partial charge < -0.3 is 14.6 Å². The maximum absolute atomic E-state index is 6.41. The van der Waals surface area contributed by atoms with Gasteiger partial charge in [0, 0.05) is 42.3 Å². The van der Waals surface area contributed by atoms with E-state index in [2.05, 4.69) is 61.1 Å². The fraction of sp³-hybridized carbons (Fsp3) is 0.545. The second-order valence-electron chi connectivity index (χ2n) is 11.6. The summed E-state index contributed by atoms with van der Waals surface area (Å²) in [5.74, 6) is 0. The molecule has 1 saturated heterocycles. The van der Waals surface area contributed by atoms with Gasteiger partial charge >= 0.3 is 124 Å². The Hall–Kier alpha value is -1.68. The molecule has 0 amide bonds. The van der Waals surface area contributed by atoms with Gasteiger partial charge in [0.05, 0.1) is 5.56 Å². The Morgan fingerprint density at radius 1 is 1.05 bits per heavy atom. The van der Waals surface area contributed by atoms with E-state index >= 15 is 0 Å². The molecule has 42 heavy (non-hydrogen) atoms. The number of anilines is 1. The number of halogens is 1. The number of oxazole rings is 1. The van der Waals surface area contributed by atoms with Gasteiger partial charge in [0.2, 0.25) is 0 Å². The summed E-state index contributed by atoms with van der Waals surface area (Å²) in [6, 6.07) is 9.55. The summed E-state index contributed by atoms with van der Waals surface area (Å²) in [5, 5.41) is 6.92. The van der Waals surface area contributed by atoms with Crippen molar-refractivity contribution in [2.75, 3.05) is 24.5 Å². The minimum Gasteiger partial charge on any atom is -0.423 e. The molecule has 0 spiro atoms. The van der Waals surface area contributed by atoms with Crippen molar-refractivity contribution in [1.29, 1.82) is 0 Å². The average Bonchev–Trinajstić information content (AvgIpc) is 3.71. The van der Waals surface area contributed by atoms with Gasteiger partial charge in [-0.2, -0.15) is 4.98 Å². The first-order valence-electron chi connectivity index (χ1n) is 15.8. The maximum Gasteiger partial charge on any atom is 0.298 e. The van der Waals surface area contributed by atoms with E-state index in [1.807, 2.05) is 24.6 Å². The van der Waals surface area contributed by atoms with E-state index in [9.17, 15) is 0 Å². The molecule has 5 rings (SSSR count). The molecule has 4 aromatic rings. The summed E-state index contributed by atoms with van der Waals surface area (Å²) < 4.78 is 12.3. The molecule has 0 bridgehead atoms. The number of nitrogens with one attached hydrogen (secondary N) is 1. The molecule has 1 fully saturated rings. The molecule has 4 heterocycles. The number of piperazine rings is 1. The first-order valence-corrected chi connectivity index (χ1v) is 24.6. The summed E-state index contributed by atoms with van der Waals surface area (Å²) in [6.45, 7) is 13.9. The van der Waals surface area contributed by atoms with Crippen LogP contribution in [0.15, 0.2) is 46.5 Å². The Labute approximate surface area is 265 Å². The number of pyridine rings is 1. The molecular formula is C33H48ClN5OSSn. The van der Waals surface area contributed by atoms with Crippen LogP contribution in [-0.4, -0.2) is 59.0 Å². The van der Waals surface area contributed by atoms with Crippen LogP contribution in [0.2, 0.25) is 18.3 Å². The van der Waals surface area contributed by atoms with Crippen LogP contribution in [0.5, 0.6) is 0 Å². The molecular weight excluding hydrogens is 669 g/mol. The van der Waals surface area contributed by atoms with Crippen molar-refractivity contribution in [1.82, 2.24) is 20.3 Å². The van der Waals surface area contributed by atoms with E-state index in [1.165, 1.54) is 51.8 Å². The fourth-order valence-corrected chi connectivity index (χ4v) is 22.2. The zero-order valence-corrected chi connectivity index (χ0v) is 30.5. The zero-order chi connectivity index (χ0) is 30.0. The smallest absolute Gasteiger partial charge is 0.298 e. The van der Waals surface area contributed by atoms with Gasteiger partial charge in [0.25, 0.3) is 6.01 Å². The van der Waals surface area contributed by atoms with Crippen molar-refractivity contribution in [2.24, 2.45) is 0 Å². The molecule has 9 heteroatoms. The third kappa shape index (κ3) is 8.07. The van der Waals surface area contributed by atoms with Crippen LogP contribution in [0.4, 0.5) is 6.01 Å². The third-order valence-electron chi connectivity index (χ3n) is 8.49. The SMILES string of the molecule is CCC[CH2][Sn]([CH2]CCC)([CH2]CCC)[c]1ccccn1.Cc1c(Cl)cc(-c2nccs2)c2oc(N3CCNC[C@@H]3C)nc12. The van der Waals surface area contributed by atoms with E-state index in [-0.39, 0.29) is 0 Å². The first-order chi connectivity index (χ1) is 20.4. The zero-order valence-electron chi connectivity index (χ0n) is 26.1. The summed E-state index contributed by atoms with van der Waals surface area (Å²) in [6.07, 6.45) is 12.1. The van der Waals surface area contributed by atoms with Crippen LogP contribution in [0.1, 0.15) is 71.8 Å². The van der Waals surface area contributed by atoms with Crippen molar-refractivity contribution < 1.29 is 4.42 Å². The molecule has 0 radical (unpaired) electrons. The van der Waals surface area contributed by atoms with E-state index in [4.69, 9.17) is 26.0 Å². The Morgan fingerprint density at radius 2 is 1.76 bits per heavy atom. The number of hydrogen-bond donors (Lipinski definition) is 1. The van der Waals surface area contributed by atoms with Crippen LogP contribution >= 0.6 is 22.9 Å². The number of hydrogen-bond acceptors (Lipinski definition) is 7. The van der Waals surface area contributed by atoms with E-state index < -0.39 is 18.4 Å². The van der Waals surface area contributed by atoms with Gasteiger partial charge in [-0.3, -0.25) is 0 Å². The standard InChI is InChI=1S/C16H17ClN4OS.C5H4N.3C4H9.Sn/c1-9-8-18-3-5-21(9)16-20-13-10(2)12(17)7-11(14(13)22-16)15-19-4-6-23-15;1-2-4-6-5-3-1;3*1-3-4-2;/h4,6-7,9,18H,3,5,8H2,1-2H3;1-4H;3*1,3-4H2,2H3;/t9-;;;;;/m0...../s1. The molecule has 1 aromatic carbocycles. The minimum atomic E-state index is -2.21. The fourth-order valence-electron chi connectivity index (χ4n) is 5.90. The number of unbranched alkanes of at least 4 members (excludes halogenated alkanes) is 3. The molecule has 1 atom stereocenters. The van der Waals surface area contributed by atoms with Gasteiger partial charge in [0.1, 0.15) is 10.5 Å². The monoisotopic (exact) mass is 717 g/mol. The van der Waals surface area contributed by atoms with Crippen molar-refractivity contribution in [3.05, 3.63) is 52.6 Å². The second-order valence-corrected chi connectivity index (χ2v) is 25.9. The summed E-state index contributed by atoms with van der Waals surface area (Å²) in [4.78, 5) is 16.1. The Balaban J connectivity index is 0.000000198. The van der Waals surface area contributed by atoms with Crippen LogP contribution in [0.3, 0.4) is 0 Å². The predicted octanol–water partition coefficient (Wildman–Crippen LogP) is 8.85. The molecule has 0 saturated carbocycles. The molecule has 1 aliphatic rings. The molecule has 6 nitrogen and oxygen atoms in total. The molecule has 0 unspecified atom stereocenters. The normalized spacial score (nSPS) is 15.6. The number of nitrogens with zero attached hydrogens (tertiary/aromatic N) is 4. The number of aromatic nitrogens is 3. The Morgan fingerprint density at radius 3 is 2.33 bits per heavy atom. The first kappa shape index (κ1) is 33.2. The second kappa shape index (κ2) is 16.4. The largest absolute Gasteiger partial charge is 0.423 e. The van der Waals surface area contributed by atoms with Gasteiger partial charge in [-0.15, -0.1) is 11.3 Å². The average molecular weight is 717 g/mol. The van der Waals surface area contributed by atoms with E-state index in [0.717, 1.165) is 46.9 Å². The van der Waals surface area contributed by atoms with Gasteiger partial charge in [-0.1, -0.05) is 11.6 Å². The maximum atomic E-state index is 6.41. The van der Waals surface area contributed by atoms with Crippen molar-refractivity contribution >= 4 is 62.1 Å². The van der Waals surface area contributed by atoms with Crippen LogP contribution < -0.4 is 13.9 Å². The number of benzene rings is 1. The summed E-state index contributed by atoms with van der Waals surface area (Å²) >= 11 is 5.77. The molecule has 228 valence electrons. The van der Waals surface area contributed by atoms with Crippen molar-refractivity contribution in [3.8, 4) is 10.6 Å². The molecule has 1 N–H and O–H groups in total. The van der Waals surface area contributed by atoms with Crippen LogP contribution in [0, 0.1) is 6.92 Å². The van der Waals surface area contributed by atoms with Crippen LogP contribution in [0.25, 0.3) is 21.7 Å². The predicted molar refractivity (Wildman–Crippen MR) is 183 cm³/mol. The number of aryl methyl sites for hydroxylation is 1. The topological polar surface area (TPSA) is 67.1 Å². The minimum absolute atomic E-state index is 0.343. The Kier molecular flexibility index (Phi) is 13.0. The van der Waals surface area contributed by atoms with Gasteiger partial charge in [0.15, 0.2) is 5.58 Å². The number of rotatable bonds is 12. The van der Waals surface area contributed by atoms with E-state index in [0.29, 0.717) is 17.1 Å². The summed E-state index contributed by atoms with van der Waals surface area (Å²) in [5.41, 5.74) is 3.44. The van der Waals surface area contributed by atoms with Gasteiger partial charge in [-0.05, 0) is 25.5 Å². The summed E-state index contributed by atoms with van der Waals surface area (Å²) in [7, 11) is 0. The van der Waals surface area contributed by atoms with Crippen molar-refractivity contribution in [2.45, 2.75) is 92.5 Å². The third-order valence-corrected chi connectivity index (χ3v) is 24.9. The molecule has 3 aromatic heterocycles. The van der Waals surface area contributed by atoms with E-state index in [1.54, 1.807) is 21.2 Å². The van der Waals surface area contributed by atoms with Crippen molar-refractivity contribution in [3.63, 3.8) is 0 Å².